The summed E-state index contributed by atoms with van der Waals surface area (Å²) >= 11 is 0. The molecule has 24 heavy (non-hydrogen) atoms. The molecule has 1 saturated carbocycles. The number of hydrogen-bond acceptors (Lipinski definition) is 3. The van der Waals surface area contributed by atoms with Gasteiger partial charge in [0.25, 0.3) is 0 Å². The third kappa shape index (κ3) is 2.29. The lowest BCUT2D eigenvalue weighted by atomic mass is 9.85. The molecule has 1 aliphatic carbocycles. The third-order valence-corrected chi connectivity index (χ3v) is 6.14. The number of rotatable bonds is 2. The van der Waals surface area contributed by atoms with Gasteiger partial charge in [0.2, 0.25) is 5.91 Å². The summed E-state index contributed by atoms with van der Waals surface area (Å²) in [5.74, 6) is 0.0780. The van der Waals surface area contributed by atoms with Crippen LogP contribution in [-0.2, 0) is 15.0 Å². The van der Waals surface area contributed by atoms with Crippen molar-refractivity contribution in [1.29, 1.82) is 0 Å². The zero-order chi connectivity index (χ0) is 16.9. The highest BCUT2D eigenvalue weighted by atomic mass is 16.5. The lowest BCUT2D eigenvalue weighted by molar-refractivity contribution is -0.148. The average Bonchev–Trinajstić information content (AvgIpc) is 3.29. The predicted octanol–water partition coefficient (Wildman–Crippen LogP) is 2.30. The van der Waals surface area contributed by atoms with Crippen LogP contribution in [0.5, 0.6) is 5.75 Å². The number of fused-ring (bicyclic) bond motifs is 2. The molecule has 5 heteroatoms. The monoisotopic (exact) mass is 329 g/mol. The van der Waals surface area contributed by atoms with Gasteiger partial charge in [-0.15, -0.1) is 0 Å². The molecule has 0 radical (unpaired) electrons. The summed E-state index contributed by atoms with van der Waals surface area (Å²) < 4.78 is 5.74. The van der Waals surface area contributed by atoms with E-state index in [4.69, 9.17) is 4.74 Å². The van der Waals surface area contributed by atoms with Crippen LogP contribution >= 0.6 is 0 Å². The Balaban J connectivity index is 1.50. The van der Waals surface area contributed by atoms with Crippen LogP contribution in [-0.4, -0.2) is 41.6 Å². The van der Waals surface area contributed by atoms with E-state index in [1.165, 1.54) is 5.56 Å². The number of carbonyl (C=O) groups is 2. The molecule has 0 aromatic heterocycles. The van der Waals surface area contributed by atoms with Crippen LogP contribution in [0.1, 0.15) is 31.7 Å². The standard InChI is InChI=1S/C19H23NO4/c1-12-11-20(8-6-13(12)18(22)23)17(21)15-10-19(15)7-9-24-16-5-3-2-4-14(16)19/h2-5,12-13,15H,6-11H2,1H3,(H,22,23)/t12?,13?,15-,19-/m0/s1. The average molecular weight is 329 g/mol. The first-order valence-electron chi connectivity index (χ1n) is 8.77. The zero-order valence-electron chi connectivity index (χ0n) is 13.9. The minimum absolute atomic E-state index is 0.0110. The van der Waals surface area contributed by atoms with Crippen LogP contribution in [0.25, 0.3) is 0 Å². The first-order valence-corrected chi connectivity index (χ1v) is 8.77. The van der Waals surface area contributed by atoms with Gasteiger partial charge in [0.05, 0.1) is 12.5 Å². The molecule has 1 amide bonds. The van der Waals surface area contributed by atoms with Gasteiger partial charge in [-0.3, -0.25) is 9.59 Å². The highest BCUT2D eigenvalue weighted by molar-refractivity contribution is 5.85. The maximum absolute atomic E-state index is 13.0. The number of carboxylic acid groups (broad SMARTS) is 1. The molecule has 2 fully saturated rings. The van der Waals surface area contributed by atoms with Gasteiger partial charge >= 0.3 is 5.97 Å². The zero-order valence-corrected chi connectivity index (χ0v) is 13.9. The molecule has 1 saturated heterocycles. The van der Waals surface area contributed by atoms with Crippen molar-refractivity contribution in [2.24, 2.45) is 17.8 Å². The normalized spacial score (nSPS) is 34.4. The number of benzene rings is 1. The SMILES string of the molecule is CC1CN(C(=O)[C@@H]2C[C@]23CCOc2ccccc23)CCC1C(=O)O. The molecule has 3 aliphatic rings. The Labute approximate surface area is 141 Å². The Hall–Kier alpha value is -2.04. The van der Waals surface area contributed by atoms with Gasteiger partial charge in [0.15, 0.2) is 0 Å². The van der Waals surface area contributed by atoms with Gasteiger partial charge in [-0.05, 0) is 31.2 Å². The van der Waals surface area contributed by atoms with E-state index in [9.17, 15) is 14.7 Å². The minimum atomic E-state index is -0.740. The number of likely N-dealkylation sites (tertiary alicyclic amines) is 1. The number of amides is 1. The molecule has 128 valence electrons. The third-order valence-electron chi connectivity index (χ3n) is 6.14. The molecule has 1 spiro atoms. The van der Waals surface area contributed by atoms with Crippen molar-refractivity contribution in [3.8, 4) is 5.75 Å². The fourth-order valence-electron chi connectivity index (χ4n) is 4.62. The second-order valence-electron chi connectivity index (χ2n) is 7.50. The van der Waals surface area contributed by atoms with Gasteiger partial charge in [0.1, 0.15) is 5.75 Å². The molecule has 2 heterocycles. The summed E-state index contributed by atoms with van der Waals surface area (Å²) in [5, 5.41) is 9.25. The lowest BCUT2D eigenvalue weighted by Gasteiger charge is -2.36. The molecule has 2 unspecified atom stereocenters. The molecule has 2 aliphatic heterocycles. The van der Waals surface area contributed by atoms with Gasteiger partial charge in [0, 0.05) is 30.0 Å². The van der Waals surface area contributed by atoms with Crippen molar-refractivity contribution >= 4 is 11.9 Å². The summed E-state index contributed by atoms with van der Waals surface area (Å²) in [4.78, 5) is 26.1. The number of nitrogens with zero attached hydrogens (tertiary/aromatic N) is 1. The Morgan fingerprint density at radius 1 is 1.33 bits per heavy atom. The van der Waals surface area contributed by atoms with E-state index < -0.39 is 5.97 Å². The highest BCUT2D eigenvalue weighted by Gasteiger charge is 2.62. The Kier molecular flexibility index (Phi) is 3.55. The number of hydrogen-bond donors (Lipinski definition) is 1. The van der Waals surface area contributed by atoms with E-state index in [2.05, 4.69) is 6.07 Å². The number of ether oxygens (including phenoxy) is 1. The molecule has 4 rings (SSSR count). The van der Waals surface area contributed by atoms with Crippen molar-refractivity contribution < 1.29 is 19.4 Å². The summed E-state index contributed by atoms with van der Waals surface area (Å²) in [6.07, 6.45) is 2.34. The molecule has 0 bridgehead atoms. The van der Waals surface area contributed by atoms with Crippen LogP contribution < -0.4 is 4.74 Å². The second kappa shape index (κ2) is 5.50. The van der Waals surface area contributed by atoms with E-state index in [-0.39, 0.29) is 29.1 Å². The van der Waals surface area contributed by atoms with E-state index in [0.29, 0.717) is 26.1 Å². The first kappa shape index (κ1) is 15.5. The van der Waals surface area contributed by atoms with Crippen molar-refractivity contribution in [2.75, 3.05) is 19.7 Å². The van der Waals surface area contributed by atoms with Crippen LogP contribution in [0.3, 0.4) is 0 Å². The molecule has 5 nitrogen and oxygen atoms in total. The van der Waals surface area contributed by atoms with Crippen LogP contribution in [0.4, 0.5) is 0 Å². The lowest BCUT2D eigenvalue weighted by Crippen LogP contribution is -2.46. The first-order chi connectivity index (χ1) is 11.5. The van der Waals surface area contributed by atoms with Crippen LogP contribution in [0, 0.1) is 17.8 Å². The smallest absolute Gasteiger partial charge is 0.306 e. The summed E-state index contributed by atoms with van der Waals surface area (Å²) in [6.45, 7) is 3.72. The number of carboxylic acids is 1. The molecule has 1 N–H and O–H groups in total. The van der Waals surface area contributed by atoms with E-state index >= 15 is 0 Å². The molecular weight excluding hydrogens is 306 g/mol. The molecule has 1 aromatic carbocycles. The van der Waals surface area contributed by atoms with Crippen molar-refractivity contribution in [2.45, 2.75) is 31.6 Å². The Bertz CT molecular complexity index is 688. The Morgan fingerprint density at radius 2 is 2.12 bits per heavy atom. The highest BCUT2D eigenvalue weighted by Crippen LogP contribution is 2.61. The Morgan fingerprint density at radius 3 is 2.88 bits per heavy atom. The van der Waals surface area contributed by atoms with E-state index in [1.54, 1.807) is 0 Å². The van der Waals surface area contributed by atoms with Crippen LogP contribution in [0.2, 0.25) is 0 Å². The minimum Gasteiger partial charge on any atom is -0.493 e. The largest absolute Gasteiger partial charge is 0.493 e. The van der Waals surface area contributed by atoms with Gasteiger partial charge in [-0.25, -0.2) is 0 Å². The fourth-order valence-corrected chi connectivity index (χ4v) is 4.62. The topological polar surface area (TPSA) is 66.8 Å². The predicted molar refractivity (Wildman–Crippen MR) is 87.8 cm³/mol. The van der Waals surface area contributed by atoms with Crippen molar-refractivity contribution in [3.05, 3.63) is 29.8 Å². The number of carbonyl (C=O) groups excluding carboxylic acids is 1. The number of para-hydroxylation sites is 1. The molecular formula is C19H23NO4. The van der Waals surface area contributed by atoms with Crippen molar-refractivity contribution in [3.63, 3.8) is 0 Å². The van der Waals surface area contributed by atoms with Crippen molar-refractivity contribution in [1.82, 2.24) is 4.90 Å². The van der Waals surface area contributed by atoms with Crippen LogP contribution in [0.15, 0.2) is 24.3 Å². The summed E-state index contributed by atoms with van der Waals surface area (Å²) in [5.41, 5.74) is 1.11. The summed E-state index contributed by atoms with van der Waals surface area (Å²) in [6, 6.07) is 8.04. The van der Waals surface area contributed by atoms with E-state index in [1.807, 2.05) is 30.0 Å². The molecule has 4 atom stereocenters. The van der Waals surface area contributed by atoms with Gasteiger partial charge in [-0.1, -0.05) is 25.1 Å². The fraction of sp³-hybridized carbons (Fsp3) is 0.579. The summed E-state index contributed by atoms with van der Waals surface area (Å²) in [7, 11) is 0. The quantitative estimate of drug-likeness (QED) is 0.904. The van der Waals surface area contributed by atoms with Gasteiger partial charge in [-0.2, -0.15) is 0 Å². The maximum Gasteiger partial charge on any atom is 0.306 e. The second-order valence-corrected chi connectivity index (χ2v) is 7.50. The maximum atomic E-state index is 13.0. The van der Waals surface area contributed by atoms with E-state index in [0.717, 1.165) is 18.6 Å². The molecule has 1 aromatic rings. The number of piperidine rings is 1. The van der Waals surface area contributed by atoms with Gasteiger partial charge < -0.3 is 14.7 Å². The number of aliphatic carboxylic acids is 1.